The molecule has 2 aromatic carbocycles. The zero-order chi connectivity index (χ0) is 15.4. The van der Waals surface area contributed by atoms with Gasteiger partial charge in [-0.05, 0) is 57.0 Å². The van der Waals surface area contributed by atoms with E-state index in [1.807, 2.05) is 25.2 Å². The minimum atomic E-state index is 0.352. The van der Waals surface area contributed by atoms with Gasteiger partial charge in [0.15, 0.2) is 0 Å². The largest absolute Gasteiger partial charge is 0.316 e. The molecular formula is C18H21Cl2N. The Bertz CT molecular complexity index is 602. The molecule has 21 heavy (non-hydrogen) atoms. The summed E-state index contributed by atoms with van der Waals surface area (Å²) in [5.41, 5.74) is 5.11. The fourth-order valence-electron chi connectivity index (χ4n) is 2.70. The second-order valence-electron chi connectivity index (χ2n) is 5.63. The Morgan fingerprint density at radius 3 is 2.19 bits per heavy atom. The van der Waals surface area contributed by atoms with E-state index >= 15 is 0 Å². The van der Waals surface area contributed by atoms with E-state index in [1.165, 1.54) is 16.7 Å². The molecule has 3 heteroatoms. The lowest BCUT2D eigenvalue weighted by Gasteiger charge is -2.18. The van der Waals surface area contributed by atoms with Gasteiger partial charge >= 0.3 is 0 Å². The standard InChI is InChI=1S/C18H21Cl2N/c1-12-6-13(2)8-14(7-12)9-17(21-3)10-15-4-5-16(19)11-18(15)20/h4-8,11,17,21H,9-10H2,1-3H3. The van der Waals surface area contributed by atoms with Crippen molar-refractivity contribution in [3.8, 4) is 0 Å². The Hall–Kier alpha value is -1.02. The first kappa shape index (κ1) is 16.4. The maximum atomic E-state index is 6.27. The number of halogens is 2. The van der Waals surface area contributed by atoms with Crippen LogP contribution >= 0.6 is 23.2 Å². The van der Waals surface area contributed by atoms with Gasteiger partial charge in [-0.25, -0.2) is 0 Å². The van der Waals surface area contributed by atoms with Gasteiger partial charge in [-0.15, -0.1) is 0 Å². The van der Waals surface area contributed by atoms with Gasteiger partial charge in [-0.1, -0.05) is 58.6 Å². The normalized spacial score (nSPS) is 12.4. The predicted octanol–water partition coefficient (Wildman–Crippen LogP) is 4.98. The summed E-state index contributed by atoms with van der Waals surface area (Å²) in [7, 11) is 2.00. The molecule has 0 spiro atoms. The molecule has 1 unspecified atom stereocenters. The van der Waals surface area contributed by atoms with Crippen molar-refractivity contribution in [2.24, 2.45) is 0 Å². The zero-order valence-electron chi connectivity index (χ0n) is 12.7. The molecule has 0 aromatic heterocycles. The van der Waals surface area contributed by atoms with Crippen LogP contribution in [0.3, 0.4) is 0 Å². The lowest BCUT2D eigenvalue weighted by atomic mass is 9.97. The summed E-state index contributed by atoms with van der Waals surface area (Å²) in [4.78, 5) is 0. The highest BCUT2D eigenvalue weighted by Crippen LogP contribution is 2.23. The van der Waals surface area contributed by atoms with Gasteiger partial charge in [0.1, 0.15) is 0 Å². The molecule has 0 fully saturated rings. The summed E-state index contributed by atoms with van der Waals surface area (Å²) in [6.45, 7) is 4.28. The van der Waals surface area contributed by atoms with Gasteiger partial charge in [-0.3, -0.25) is 0 Å². The summed E-state index contributed by atoms with van der Waals surface area (Å²) < 4.78 is 0. The van der Waals surface area contributed by atoms with Crippen molar-refractivity contribution in [3.63, 3.8) is 0 Å². The van der Waals surface area contributed by atoms with Gasteiger partial charge in [0.25, 0.3) is 0 Å². The van der Waals surface area contributed by atoms with Crippen LogP contribution in [0.1, 0.15) is 22.3 Å². The Labute approximate surface area is 137 Å². The lowest BCUT2D eigenvalue weighted by molar-refractivity contribution is 0.556. The summed E-state index contributed by atoms with van der Waals surface area (Å²) in [6, 6.07) is 12.8. The second-order valence-corrected chi connectivity index (χ2v) is 6.47. The first-order valence-electron chi connectivity index (χ1n) is 7.16. The molecule has 0 radical (unpaired) electrons. The Morgan fingerprint density at radius 2 is 1.62 bits per heavy atom. The highest BCUT2D eigenvalue weighted by Gasteiger charge is 2.11. The maximum Gasteiger partial charge on any atom is 0.0453 e. The highest BCUT2D eigenvalue weighted by atomic mass is 35.5. The molecule has 2 rings (SSSR count). The SMILES string of the molecule is CNC(Cc1cc(C)cc(C)c1)Cc1ccc(Cl)cc1Cl. The molecule has 0 bridgehead atoms. The van der Waals surface area contributed by atoms with Crippen molar-refractivity contribution in [3.05, 3.63) is 68.7 Å². The molecule has 0 aliphatic rings. The van der Waals surface area contributed by atoms with E-state index in [0.29, 0.717) is 11.1 Å². The summed E-state index contributed by atoms with van der Waals surface area (Å²) >= 11 is 12.2. The average Bonchev–Trinajstić information content (AvgIpc) is 2.39. The molecule has 1 atom stereocenters. The molecule has 0 saturated carbocycles. The third-order valence-corrected chi connectivity index (χ3v) is 4.24. The van der Waals surface area contributed by atoms with Crippen LogP contribution in [-0.2, 0) is 12.8 Å². The number of benzene rings is 2. The zero-order valence-corrected chi connectivity index (χ0v) is 14.2. The quantitative estimate of drug-likeness (QED) is 0.818. The summed E-state index contributed by atoms with van der Waals surface area (Å²) in [5.74, 6) is 0. The number of likely N-dealkylation sites (N-methyl/N-ethyl adjacent to an activating group) is 1. The number of rotatable bonds is 5. The van der Waals surface area contributed by atoms with Crippen molar-refractivity contribution in [2.75, 3.05) is 7.05 Å². The van der Waals surface area contributed by atoms with Crippen LogP contribution in [0.2, 0.25) is 10.0 Å². The van der Waals surface area contributed by atoms with Crippen LogP contribution in [-0.4, -0.2) is 13.1 Å². The van der Waals surface area contributed by atoms with E-state index in [1.54, 1.807) is 0 Å². The van der Waals surface area contributed by atoms with E-state index in [-0.39, 0.29) is 0 Å². The van der Waals surface area contributed by atoms with Crippen molar-refractivity contribution in [1.29, 1.82) is 0 Å². The van der Waals surface area contributed by atoms with Crippen LogP contribution < -0.4 is 5.32 Å². The van der Waals surface area contributed by atoms with Gasteiger partial charge in [0.05, 0.1) is 0 Å². The summed E-state index contributed by atoms with van der Waals surface area (Å²) in [5, 5.41) is 4.81. The average molecular weight is 322 g/mol. The fraction of sp³-hybridized carbons (Fsp3) is 0.333. The van der Waals surface area contributed by atoms with Crippen LogP contribution in [0, 0.1) is 13.8 Å². The number of nitrogens with one attached hydrogen (secondary N) is 1. The Balaban J connectivity index is 2.12. The van der Waals surface area contributed by atoms with Gasteiger partial charge in [0.2, 0.25) is 0 Å². The Kier molecular flexibility index (Phi) is 5.69. The molecule has 0 heterocycles. The summed E-state index contributed by atoms with van der Waals surface area (Å²) in [6.07, 6.45) is 1.87. The second kappa shape index (κ2) is 7.31. The van der Waals surface area contributed by atoms with E-state index in [9.17, 15) is 0 Å². The van der Waals surface area contributed by atoms with Gasteiger partial charge < -0.3 is 5.32 Å². The van der Waals surface area contributed by atoms with E-state index in [2.05, 4.69) is 37.4 Å². The highest BCUT2D eigenvalue weighted by molar-refractivity contribution is 6.35. The van der Waals surface area contributed by atoms with Gasteiger partial charge in [0, 0.05) is 16.1 Å². The van der Waals surface area contributed by atoms with E-state index in [0.717, 1.165) is 23.4 Å². The molecule has 1 N–H and O–H groups in total. The van der Waals surface area contributed by atoms with E-state index < -0.39 is 0 Å². The fourth-order valence-corrected chi connectivity index (χ4v) is 3.19. The maximum absolute atomic E-state index is 6.27. The first-order chi connectivity index (χ1) is 9.97. The number of hydrogen-bond acceptors (Lipinski definition) is 1. The molecule has 1 nitrogen and oxygen atoms in total. The minimum absolute atomic E-state index is 0.352. The number of hydrogen-bond donors (Lipinski definition) is 1. The molecule has 0 aliphatic heterocycles. The van der Waals surface area contributed by atoms with Crippen LogP contribution in [0.15, 0.2) is 36.4 Å². The smallest absolute Gasteiger partial charge is 0.0453 e. The minimum Gasteiger partial charge on any atom is -0.316 e. The van der Waals surface area contributed by atoms with Crippen molar-refractivity contribution < 1.29 is 0 Å². The first-order valence-corrected chi connectivity index (χ1v) is 7.92. The third-order valence-electron chi connectivity index (χ3n) is 3.65. The number of aryl methyl sites for hydroxylation is 2. The molecule has 0 amide bonds. The topological polar surface area (TPSA) is 12.0 Å². The van der Waals surface area contributed by atoms with Crippen LogP contribution in [0.4, 0.5) is 0 Å². The molecule has 0 saturated heterocycles. The molecule has 0 aliphatic carbocycles. The lowest BCUT2D eigenvalue weighted by Crippen LogP contribution is -2.30. The van der Waals surface area contributed by atoms with Crippen LogP contribution in [0.25, 0.3) is 0 Å². The van der Waals surface area contributed by atoms with Crippen molar-refractivity contribution in [2.45, 2.75) is 32.7 Å². The van der Waals surface area contributed by atoms with Crippen molar-refractivity contribution in [1.82, 2.24) is 5.32 Å². The third kappa shape index (κ3) is 4.74. The Morgan fingerprint density at radius 1 is 0.952 bits per heavy atom. The van der Waals surface area contributed by atoms with Crippen LogP contribution in [0.5, 0.6) is 0 Å². The predicted molar refractivity (Wildman–Crippen MR) is 92.6 cm³/mol. The molecule has 2 aromatic rings. The van der Waals surface area contributed by atoms with Gasteiger partial charge in [-0.2, -0.15) is 0 Å². The molecule has 112 valence electrons. The molecular weight excluding hydrogens is 301 g/mol. The van der Waals surface area contributed by atoms with E-state index in [4.69, 9.17) is 23.2 Å². The van der Waals surface area contributed by atoms with Crippen molar-refractivity contribution >= 4 is 23.2 Å². The monoisotopic (exact) mass is 321 g/mol.